The first-order chi connectivity index (χ1) is 14.6. The lowest BCUT2D eigenvalue weighted by atomic mass is 9.77. The molecule has 0 unspecified atom stereocenters. The van der Waals surface area contributed by atoms with Gasteiger partial charge in [-0.15, -0.1) is 0 Å². The van der Waals surface area contributed by atoms with E-state index in [1.807, 2.05) is 12.1 Å². The molecule has 4 rings (SSSR count). The Balaban J connectivity index is 1.33. The van der Waals surface area contributed by atoms with Gasteiger partial charge in [0.05, 0.1) is 18.7 Å². The summed E-state index contributed by atoms with van der Waals surface area (Å²) < 4.78 is 6.31. The highest BCUT2D eigenvalue weighted by atomic mass is 16.5. The minimum absolute atomic E-state index is 0.0647. The zero-order valence-electron chi connectivity index (χ0n) is 17.9. The number of nitrogens with zero attached hydrogens (tertiary/aromatic N) is 2. The lowest BCUT2D eigenvalue weighted by Crippen LogP contribution is -2.50. The summed E-state index contributed by atoms with van der Waals surface area (Å²) in [5.74, 6) is 1.93. The number of aryl methyl sites for hydroxylation is 1. The van der Waals surface area contributed by atoms with E-state index in [-0.39, 0.29) is 24.0 Å². The number of amides is 2. The van der Waals surface area contributed by atoms with Crippen LogP contribution in [0.1, 0.15) is 37.7 Å². The molecule has 1 aromatic rings. The van der Waals surface area contributed by atoms with Crippen LogP contribution in [-0.4, -0.2) is 67.1 Å². The largest absolute Gasteiger partial charge is 0.376 e. The number of pyridine rings is 1. The number of aromatic nitrogens is 1. The summed E-state index contributed by atoms with van der Waals surface area (Å²) >= 11 is 0. The molecule has 2 saturated carbocycles. The van der Waals surface area contributed by atoms with Crippen molar-refractivity contribution in [2.24, 2.45) is 17.8 Å². The van der Waals surface area contributed by atoms with E-state index in [1.54, 1.807) is 19.4 Å². The fourth-order valence-corrected chi connectivity index (χ4v) is 4.89. The second-order valence-electron chi connectivity index (χ2n) is 9.20. The number of likely N-dealkylation sites (tertiary alicyclic amines) is 1. The van der Waals surface area contributed by atoms with Gasteiger partial charge in [-0.1, -0.05) is 0 Å². The fraction of sp³-hybridized carbons (Fsp3) is 0.696. The van der Waals surface area contributed by atoms with E-state index in [0.717, 1.165) is 44.5 Å². The van der Waals surface area contributed by atoms with Gasteiger partial charge in [-0.2, -0.15) is 0 Å². The monoisotopic (exact) mass is 414 g/mol. The van der Waals surface area contributed by atoms with Crippen LogP contribution in [0.4, 0.5) is 0 Å². The van der Waals surface area contributed by atoms with Crippen molar-refractivity contribution in [3.8, 4) is 0 Å². The van der Waals surface area contributed by atoms with Gasteiger partial charge >= 0.3 is 0 Å². The van der Waals surface area contributed by atoms with Crippen LogP contribution in [-0.2, 0) is 20.7 Å². The SMILES string of the molecule is CNC(=O)CN1C[C@H]2C[C@H](OCC3CC3)[C@@H](NC(=O)CCc3ccncc3)C[C@H]2C1. The summed E-state index contributed by atoms with van der Waals surface area (Å²) in [5.41, 5.74) is 1.13. The molecule has 0 bridgehead atoms. The summed E-state index contributed by atoms with van der Waals surface area (Å²) in [5, 5.41) is 6.00. The highest BCUT2D eigenvalue weighted by Crippen LogP contribution is 2.38. The van der Waals surface area contributed by atoms with Crippen LogP contribution < -0.4 is 10.6 Å². The van der Waals surface area contributed by atoms with Crippen LogP contribution in [0.3, 0.4) is 0 Å². The summed E-state index contributed by atoms with van der Waals surface area (Å²) in [4.78, 5) is 30.7. The van der Waals surface area contributed by atoms with E-state index in [4.69, 9.17) is 4.74 Å². The first-order valence-corrected chi connectivity index (χ1v) is 11.3. The van der Waals surface area contributed by atoms with Crippen molar-refractivity contribution in [3.63, 3.8) is 0 Å². The Labute approximate surface area is 178 Å². The fourth-order valence-electron chi connectivity index (χ4n) is 4.89. The molecular formula is C23H34N4O3. The summed E-state index contributed by atoms with van der Waals surface area (Å²) in [6.07, 6.45) is 9.25. The average molecular weight is 415 g/mol. The van der Waals surface area contributed by atoms with E-state index < -0.39 is 0 Å². The molecule has 0 aromatic carbocycles. The zero-order chi connectivity index (χ0) is 20.9. The van der Waals surface area contributed by atoms with E-state index >= 15 is 0 Å². The first kappa shape index (κ1) is 21.2. The van der Waals surface area contributed by atoms with Crippen LogP contribution in [0.15, 0.2) is 24.5 Å². The van der Waals surface area contributed by atoms with Crippen LogP contribution in [0.5, 0.6) is 0 Å². The van der Waals surface area contributed by atoms with Crippen LogP contribution in [0.2, 0.25) is 0 Å². The van der Waals surface area contributed by atoms with Gasteiger partial charge in [-0.25, -0.2) is 0 Å². The Morgan fingerprint density at radius 3 is 2.57 bits per heavy atom. The van der Waals surface area contributed by atoms with Crippen molar-refractivity contribution in [3.05, 3.63) is 30.1 Å². The molecule has 2 aliphatic carbocycles. The summed E-state index contributed by atoms with van der Waals surface area (Å²) in [7, 11) is 1.69. The molecule has 2 N–H and O–H groups in total. The number of likely N-dealkylation sites (N-methyl/N-ethyl adjacent to an activating group) is 1. The number of carbonyl (C=O) groups is 2. The van der Waals surface area contributed by atoms with Crippen LogP contribution in [0, 0.1) is 17.8 Å². The lowest BCUT2D eigenvalue weighted by Gasteiger charge is -2.38. The van der Waals surface area contributed by atoms with Gasteiger partial charge < -0.3 is 15.4 Å². The van der Waals surface area contributed by atoms with Gasteiger partial charge in [-0.05, 0) is 67.6 Å². The molecule has 0 spiro atoms. The van der Waals surface area contributed by atoms with Crippen molar-refractivity contribution in [1.82, 2.24) is 20.5 Å². The summed E-state index contributed by atoms with van der Waals surface area (Å²) in [6, 6.07) is 3.98. The number of carbonyl (C=O) groups excluding carboxylic acids is 2. The molecule has 164 valence electrons. The quantitative estimate of drug-likeness (QED) is 0.638. The Morgan fingerprint density at radius 2 is 1.87 bits per heavy atom. The normalized spacial score (nSPS) is 28.7. The Kier molecular flexibility index (Phi) is 7.00. The highest BCUT2D eigenvalue weighted by Gasteiger charge is 2.43. The molecule has 7 nitrogen and oxygen atoms in total. The van der Waals surface area contributed by atoms with E-state index in [9.17, 15) is 9.59 Å². The third kappa shape index (κ3) is 5.79. The number of rotatable bonds is 9. The van der Waals surface area contributed by atoms with Crippen LogP contribution >= 0.6 is 0 Å². The Hall–Kier alpha value is -1.99. The average Bonchev–Trinajstić information content (AvgIpc) is 3.50. The van der Waals surface area contributed by atoms with Crippen molar-refractivity contribution in [1.29, 1.82) is 0 Å². The van der Waals surface area contributed by atoms with E-state index in [0.29, 0.717) is 30.7 Å². The summed E-state index contributed by atoms with van der Waals surface area (Å²) in [6.45, 7) is 3.15. The molecule has 2 amide bonds. The maximum atomic E-state index is 12.7. The third-order valence-electron chi connectivity index (χ3n) is 6.82. The van der Waals surface area contributed by atoms with Crippen molar-refractivity contribution >= 4 is 11.8 Å². The molecule has 1 aliphatic heterocycles. The molecule has 3 aliphatic rings. The topological polar surface area (TPSA) is 83.6 Å². The van der Waals surface area contributed by atoms with E-state index in [2.05, 4.69) is 20.5 Å². The Bertz CT molecular complexity index is 724. The molecule has 1 saturated heterocycles. The maximum absolute atomic E-state index is 12.7. The van der Waals surface area contributed by atoms with Gasteiger partial charge in [0.1, 0.15) is 0 Å². The second-order valence-corrected chi connectivity index (χ2v) is 9.20. The number of nitrogens with one attached hydrogen (secondary N) is 2. The third-order valence-corrected chi connectivity index (χ3v) is 6.82. The van der Waals surface area contributed by atoms with E-state index in [1.165, 1.54) is 12.8 Å². The molecule has 30 heavy (non-hydrogen) atoms. The van der Waals surface area contributed by atoms with Gasteiger partial charge in [0.15, 0.2) is 0 Å². The number of fused-ring (bicyclic) bond motifs is 1. The smallest absolute Gasteiger partial charge is 0.233 e. The van der Waals surface area contributed by atoms with Crippen molar-refractivity contribution < 1.29 is 14.3 Å². The zero-order valence-corrected chi connectivity index (χ0v) is 17.9. The molecule has 2 heterocycles. The predicted molar refractivity (Wildman–Crippen MR) is 114 cm³/mol. The molecule has 7 heteroatoms. The van der Waals surface area contributed by atoms with Crippen molar-refractivity contribution in [2.45, 2.75) is 50.7 Å². The Morgan fingerprint density at radius 1 is 1.13 bits per heavy atom. The predicted octanol–water partition coefficient (Wildman–Crippen LogP) is 1.38. The number of hydrogen-bond acceptors (Lipinski definition) is 5. The number of ether oxygens (including phenoxy) is 1. The van der Waals surface area contributed by atoms with Gasteiger partial charge in [0.2, 0.25) is 11.8 Å². The first-order valence-electron chi connectivity index (χ1n) is 11.3. The van der Waals surface area contributed by atoms with Crippen molar-refractivity contribution in [2.75, 3.05) is 33.3 Å². The minimum Gasteiger partial charge on any atom is -0.376 e. The highest BCUT2D eigenvalue weighted by molar-refractivity contribution is 5.77. The molecular weight excluding hydrogens is 380 g/mol. The minimum atomic E-state index is 0.0647. The van der Waals surface area contributed by atoms with Crippen LogP contribution in [0.25, 0.3) is 0 Å². The number of hydrogen-bond donors (Lipinski definition) is 2. The molecule has 4 atom stereocenters. The molecule has 3 fully saturated rings. The molecule has 1 aromatic heterocycles. The standard InChI is InChI=1S/C23H34N4O3/c1-24-23(29)14-27-12-18-10-20(21(11-19(18)13-27)30-15-17-2-3-17)26-22(28)5-4-16-6-8-25-9-7-16/h6-9,17-21H,2-5,10-15H2,1H3,(H,24,29)(H,26,28)/t18-,19+,20-,21-/m0/s1. The van der Waals surface area contributed by atoms with Gasteiger partial charge in [0.25, 0.3) is 0 Å². The lowest BCUT2D eigenvalue weighted by molar-refractivity contribution is -0.124. The second kappa shape index (κ2) is 9.88. The molecule has 0 radical (unpaired) electrons. The maximum Gasteiger partial charge on any atom is 0.233 e. The van der Waals surface area contributed by atoms with Gasteiger partial charge in [0, 0.05) is 45.6 Å². The van der Waals surface area contributed by atoms with Gasteiger partial charge in [-0.3, -0.25) is 19.5 Å².